The molecule has 0 unspecified atom stereocenters. The normalized spacial score (nSPS) is 10.7. The van der Waals surface area contributed by atoms with Crippen molar-refractivity contribution in [2.45, 2.75) is 6.42 Å². The first kappa shape index (κ1) is 12.5. The van der Waals surface area contributed by atoms with Gasteiger partial charge in [0.25, 0.3) is 0 Å². The summed E-state index contributed by atoms with van der Waals surface area (Å²) in [6.07, 6.45) is 1.58. The van der Waals surface area contributed by atoms with Gasteiger partial charge in [-0.15, -0.1) is 0 Å². The summed E-state index contributed by atoms with van der Waals surface area (Å²) in [6, 6.07) is 16.3. The number of carbonyl (C=O) groups excluding carboxylic acids is 1. The van der Waals surface area contributed by atoms with Gasteiger partial charge >= 0.3 is 0 Å². The van der Waals surface area contributed by atoms with E-state index in [1.807, 2.05) is 42.5 Å². The molecule has 98 valence electrons. The second-order valence-corrected chi connectivity index (χ2v) is 4.57. The molecule has 20 heavy (non-hydrogen) atoms. The van der Waals surface area contributed by atoms with Crippen LogP contribution in [-0.4, -0.2) is 10.8 Å². The first-order chi connectivity index (χ1) is 9.75. The fraction of sp³-hybridized carbons (Fsp3) is 0.0588. The molecule has 0 aliphatic heterocycles. The summed E-state index contributed by atoms with van der Waals surface area (Å²) in [5.74, 6) is -0.878. The van der Waals surface area contributed by atoms with E-state index >= 15 is 0 Å². The van der Waals surface area contributed by atoms with Crippen molar-refractivity contribution in [1.29, 1.82) is 0 Å². The van der Waals surface area contributed by atoms with Crippen LogP contribution < -0.4 is 0 Å². The zero-order valence-electron chi connectivity index (χ0n) is 10.7. The molecule has 0 N–H and O–H groups in total. The number of fused-ring (bicyclic) bond motifs is 1. The minimum Gasteiger partial charge on any atom is -0.292 e. The van der Waals surface area contributed by atoms with Gasteiger partial charge in [0, 0.05) is 12.6 Å². The summed E-state index contributed by atoms with van der Waals surface area (Å²) in [6.45, 7) is 0. The summed E-state index contributed by atoms with van der Waals surface area (Å²) in [7, 11) is 0. The minimum absolute atomic E-state index is 0.0968. The topological polar surface area (TPSA) is 30.0 Å². The molecule has 0 saturated carbocycles. The molecule has 0 aliphatic rings. The molecule has 2 nitrogen and oxygen atoms in total. The smallest absolute Gasteiger partial charge is 0.188 e. The third-order valence-corrected chi connectivity index (χ3v) is 3.25. The van der Waals surface area contributed by atoms with Gasteiger partial charge in [-0.1, -0.05) is 42.5 Å². The summed E-state index contributed by atoms with van der Waals surface area (Å²) < 4.78 is 13.6. The molecule has 0 fully saturated rings. The van der Waals surface area contributed by atoms with Crippen LogP contribution in [0, 0.1) is 5.82 Å². The molecule has 0 spiro atoms. The molecular weight excluding hydrogens is 253 g/mol. The van der Waals surface area contributed by atoms with Gasteiger partial charge in [-0.05, 0) is 28.5 Å². The number of aromatic nitrogens is 1. The number of benzene rings is 2. The highest BCUT2D eigenvalue weighted by molar-refractivity contribution is 5.98. The van der Waals surface area contributed by atoms with Crippen LogP contribution in [0.15, 0.2) is 60.8 Å². The molecule has 0 radical (unpaired) electrons. The summed E-state index contributed by atoms with van der Waals surface area (Å²) in [5.41, 5.74) is 0.790. The summed E-state index contributed by atoms with van der Waals surface area (Å²) in [4.78, 5) is 16.0. The van der Waals surface area contributed by atoms with Crippen molar-refractivity contribution < 1.29 is 9.18 Å². The third kappa shape index (κ3) is 2.30. The molecule has 0 aliphatic carbocycles. The van der Waals surface area contributed by atoms with Crippen molar-refractivity contribution in [3.63, 3.8) is 0 Å². The monoisotopic (exact) mass is 265 g/mol. The fourth-order valence-electron chi connectivity index (χ4n) is 2.29. The molecule has 0 atom stereocenters. The van der Waals surface area contributed by atoms with Crippen LogP contribution in [0.2, 0.25) is 0 Å². The Morgan fingerprint density at radius 2 is 1.80 bits per heavy atom. The van der Waals surface area contributed by atoms with Crippen LogP contribution in [0.1, 0.15) is 16.1 Å². The Hall–Kier alpha value is -2.55. The van der Waals surface area contributed by atoms with Crippen LogP contribution in [0.4, 0.5) is 4.39 Å². The lowest BCUT2D eigenvalue weighted by molar-refractivity contribution is 0.0984. The Kier molecular flexibility index (Phi) is 3.25. The van der Waals surface area contributed by atoms with E-state index in [0.29, 0.717) is 0 Å². The molecule has 0 bridgehead atoms. The standard InChI is InChI=1S/C17H12FNO/c18-15-9-4-10-19-17(15)16(20)11-13-7-3-6-12-5-1-2-8-14(12)13/h1-10H,11H2. The highest BCUT2D eigenvalue weighted by Gasteiger charge is 2.14. The highest BCUT2D eigenvalue weighted by atomic mass is 19.1. The number of ketones is 1. The average Bonchev–Trinajstić information content (AvgIpc) is 2.48. The Morgan fingerprint density at radius 1 is 1.00 bits per heavy atom. The molecule has 2 aromatic carbocycles. The lowest BCUT2D eigenvalue weighted by Crippen LogP contribution is -2.08. The van der Waals surface area contributed by atoms with Crippen LogP contribution >= 0.6 is 0 Å². The second-order valence-electron chi connectivity index (χ2n) is 4.57. The maximum Gasteiger partial charge on any atom is 0.188 e. The van der Waals surface area contributed by atoms with Gasteiger partial charge in [0.1, 0.15) is 5.69 Å². The van der Waals surface area contributed by atoms with Gasteiger partial charge < -0.3 is 0 Å². The zero-order chi connectivity index (χ0) is 13.9. The van der Waals surface area contributed by atoms with Crippen molar-refractivity contribution >= 4 is 16.6 Å². The summed E-state index contributed by atoms with van der Waals surface area (Å²) >= 11 is 0. The Labute approximate surface area is 115 Å². The van der Waals surface area contributed by atoms with Crippen molar-refractivity contribution in [1.82, 2.24) is 4.98 Å². The van der Waals surface area contributed by atoms with E-state index in [1.165, 1.54) is 18.3 Å². The van der Waals surface area contributed by atoms with E-state index < -0.39 is 5.82 Å². The predicted octanol–water partition coefficient (Wildman–Crippen LogP) is 3.80. The van der Waals surface area contributed by atoms with Crippen LogP contribution in [-0.2, 0) is 6.42 Å². The summed E-state index contributed by atoms with van der Waals surface area (Å²) in [5, 5.41) is 2.08. The minimum atomic E-state index is -0.572. The molecule has 1 aromatic heterocycles. The van der Waals surface area contributed by atoms with Crippen LogP contribution in [0.25, 0.3) is 10.8 Å². The van der Waals surface area contributed by atoms with Crippen molar-refractivity contribution in [2.24, 2.45) is 0 Å². The highest BCUT2D eigenvalue weighted by Crippen LogP contribution is 2.20. The lowest BCUT2D eigenvalue weighted by atomic mass is 9.99. The van der Waals surface area contributed by atoms with E-state index in [4.69, 9.17) is 0 Å². The molecule has 1 heterocycles. The maximum absolute atomic E-state index is 13.6. The van der Waals surface area contributed by atoms with E-state index in [2.05, 4.69) is 4.98 Å². The van der Waals surface area contributed by atoms with Gasteiger partial charge in [-0.3, -0.25) is 9.78 Å². The number of nitrogens with zero attached hydrogens (tertiary/aromatic N) is 1. The largest absolute Gasteiger partial charge is 0.292 e. The number of carbonyl (C=O) groups is 1. The SMILES string of the molecule is O=C(Cc1cccc2ccccc12)c1ncccc1F. The molecule has 3 heteroatoms. The molecule has 3 rings (SSSR count). The number of hydrogen-bond acceptors (Lipinski definition) is 2. The van der Waals surface area contributed by atoms with Crippen molar-refractivity contribution in [2.75, 3.05) is 0 Å². The second kappa shape index (κ2) is 5.21. The Morgan fingerprint density at radius 3 is 2.65 bits per heavy atom. The molecule has 3 aromatic rings. The Bertz CT molecular complexity index is 777. The van der Waals surface area contributed by atoms with Crippen molar-refractivity contribution in [3.05, 3.63) is 77.9 Å². The van der Waals surface area contributed by atoms with Crippen LogP contribution in [0.3, 0.4) is 0 Å². The third-order valence-electron chi connectivity index (χ3n) is 3.25. The number of pyridine rings is 1. The first-order valence-corrected chi connectivity index (χ1v) is 6.36. The predicted molar refractivity (Wildman–Crippen MR) is 76.2 cm³/mol. The fourth-order valence-corrected chi connectivity index (χ4v) is 2.29. The van der Waals surface area contributed by atoms with E-state index in [1.54, 1.807) is 0 Å². The Balaban J connectivity index is 1.98. The zero-order valence-corrected chi connectivity index (χ0v) is 10.7. The number of rotatable bonds is 3. The van der Waals surface area contributed by atoms with Gasteiger partial charge in [0.05, 0.1) is 0 Å². The van der Waals surface area contributed by atoms with Gasteiger partial charge in [-0.25, -0.2) is 4.39 Å². The van der Waals surface area contributed by atoms with E-state index in [9.17, 15) is 9.18 Å². The van der Waals surface area contributed by atoms with Gasteiger partial charge in [0.2, 0.25) is 0 Å². The molecule has 0 amide bonds. The quantitative estimate of drug-likeness (QED) is 0.674. The van der Waals surface area contributed by atoms with E-state index in [0.717, 1.165) is 16.3 Å². The van der Waals surface area contributed by atoms with Gasteiger partial charge in [0.15, 0.2) is 11.6 Å². The molecule has 0 saturated heterocycles. The number of Topliss-reactive ketones (excluding diaryl/α,β-unsaturated/α-hetero) is 1. The average molecular weight is 265 g/mol. The lowest BCUT2D eigenvalue weighted by Gasteiger charge is -2.06. The number of halogens is 1. The molecular formula is C17H12FNO. The van der Waals surface area contributed by atoms with Crippen molar-refractivity contribution in [3.8, 4) is 0 Å². The number of hydrogen-bond donors (Lipinski definition) is 0. The first-order valence-electron chi connectivity index (χ1n) is 6.36. The van der Waals surface area contributed by atoms with Crippen LogP contribution in [0.5, 0.6) is 0 Å². The van der Waals surface area contributed by atoms with E-state index in [-0.39, 0.29) is 17.9 Å². The maximum atomic E-state index is 13.6. The van der Waals surface area contributed by atoms with Gasteiger partial charge in [-0.2, -0.15) is 0 Å².